The van der Waals surface area contributed by atoms with Gasteiger partial charge in [-0.3, -0.25) is 11.3 Å². The quantitative estimate of drug-likeness (QED) is 0.655. The average molecular weight is 275 g/mol. The Morgan fingerprint density at radius 1 is 1.47 bits per heavy atom. The fourth-order valence-electron chi connectivity index (χ4n) is 2.17. The van der Waals surface area contributed by atoms with Gasteiger partial charge >= 0.3 is 0 Å². The molecule has 17 heavy (non-hydrogen) atoms. The van der Waals surface area contributed by atoms with Gasteiger partial charge in [0, 0.05) is 28.6 Å². The van der Waals surface area contributed by atoms with Crippen LogP contribution in [0.25, 0.3) is 0 Å². The second kappa shape index (κ2) is 6.03. The Kier molecular flexibility index (Phi) is 4.65. The predicted octanol–water partition coefficient (Wildman–Crippen LogP) is 2.40. The second-order valence-electron chi connectivity index (χ2n) is 4.34. The van der Waals surface area contributed by atoms with Crippen molar-refractivity contribution in [2.45, 2.75) is 18.9 Å². The molecule has 1 heterocycles. The van der Waals surface area contributed by atoms with Gasteiger partial charge in [-0.15, -0.1) is 0 Å². The summed E-state index contributed by atoms with van der Waals surface area (Å²) in [6.07, 6.45) is 1.80. The lowest BCUT2D eigenvalue weighted by atomic mass is 9.93. The zero-order valence-corrected chi connectivity index (χ0v) is 11.0. The molecule has 5 heteroatoms. The molecule has 2 rings (SSSR count). The van der Waals surface area contributed by atoms with Crippen LogP contribution in [0.4, 0.5) is 0 Å². The molecule has 0 saturated carbocycles. The molecule has 1 aliphatic rings. The number of halogens is 2. The maximum atomic E-state index is 6.15. The van der Waals surface area contributed by atoms with E-state index in [0.29, 0.717) is 10.9 Å². The summed E-state index contributed by atoms with van der Waals surface area (Å²) in [7, 11) is 0. The molecular weight excluding hydrogens is 259 g/mol. The third-order valence-corrected chi connectivity index (χ3v) is 3.80. The second-order valence-corrected chi connectivity index (χ2v) is 5.18. The van der Waals surface area contributed by atoms with Crippen LogP contribution < -0.4 is 11.3 Å². The van der Waals surface area contributed by atoms with Gasteiger partial charge in [-0.05, 0) is 36.6 Å². The van der Waals surface area contributed by atoms with Crippen LogP contribution in [-0.2, 0) is 11.2 Å². The van der Waals surface area contributed by atoms with Crippen molar-refractivity contribution in [3.05, 3.63) is 33.8 Å². The molecule has 1 saturated heterocycles. The minimum atomic E-state index is 0.175. The van der Waals surface area contributed by atoms with Gasteiger partial charge < -0.3 is 4.74 Å². The van der Waals surface area contributed by atoms with Gasteiger partial charge in [-0.1, -0.05) is 23.2 Å². The molecule has 2 atom stereocenters. The highest BCUT2D eigenvalue weighted by Crippen LogP contribution is 2.25. The number of rotatable bonds is 4. The Bertz CT molecular complexity index is 381. The van der Waals surface area contributed by atoms with E-state index >= 15 is 0 Å². The van der Waals surface area contributed by atoms with Gasteiger partial charge in [0.15, 0.2) is 0 Å². The van der Waals surface area contributed by atoms with Crippen LogP contribution in [0.5, 0.6) is 0 Å². The lowest BCUT2D eigenvalue weighted by molar-refractivity contribution is 0.176. The zero-order valence-electron chi connectivity index (χ0n) is 9.46. The highest BCUT2D eigenvalue weighted by Gasteiger charge is 2.25. The van der Waals surface area contributed by atoms with Crippen LogP contribution in [0.2, 0.25) is 10.0 Å². The van der Waals surface area contributed by atoms with E-state index in [-0.39, 0.29) is 6.04 Å². The Balaban J connectivity index is 2.09. The first-order chi connectivity index (χ1) is 8.20. The molecule has 1 aromatic carbocycles. The molecule has 3 N–H and O–H groups in total. The Labute approximate surface area is 111 Å². The van der Waals surface area contributed by atoms with Crippen LogP contribution in [0, 0.1) is 5.92 Å². The standard InChI is InChI=1S/C12H16Cl2N2O/c13-10-1-2-11(14)9(5-10)6-12(16-15)8-3-4-17-7-8/h1-2,5,8,12,16H,3-4,6-7,15H2. The van der Waals surface area contributed by atoms with E-state index in [9.17, 15) is 0 Å². The molecule has 0 amide bonds. The Morgan fingerprint density at radius 3 is 2.94 bits per heavy atom. The topological polar surface area (TPSA) is 47.3 Å². The van der Waals surface area contributed by atoms with Crippen molar-refractivity contribution in [1.82, 2.24) is 5.43 Å². The first kappa shape index (κ1) is 13.1. The predicted molar refractivity (Wildman–Crippen MR) is 70.2 cm³/mol. The normalized spacial score (nSPS) is 21.7. The first-order valence-electron chi connectivity index (χ1n) is 5.68. The van der Waals surface area contributed by atoms with Crippen molar-refractivity contribution in [2.24, 2.45) is 11.8 Å². The molecule has 1 aliphatic heterocycles. The van der Waals surface area contributed by atoms with Crippen molar-refractivity contribution in [3.63, 3.8) is 0 Å². The van der Waals surface area contributed by atoms with Crippen LogP contribution >= 0.6 is 23.2 Å². The number of hydrogen-bond donors (Lipinski definition) is 2. The van der Waals surface area contributed by atoms with Crippen molar-refractivity contribution < 1.29 is 4.74 Å². The lowest BCUT2D eigenvalue weighted by Gasteiger charge is -2.22. The largest absolute Gasteiger partial charge is 0.381 e. The van der Waals surface area contributed by atoms with Crippen LogP contribution in [0.3, 0.4) is 0 Å². The van der Waals surface area contributed by atoms with Crippen molar-refractivity contribution in [3.8, 4) is 0 Å². The number of nitrogens with two attached hydrogens (primary N) is 1. The molecular formula is C12H16Cl2N2O. The van der Waals surface area contributed by atoms with Gasteiger partial charge in [-0.2, -0.15) is 0 Å². The summed E-state index contributed by atoms with van der Waals surface area (Å²) in [6, 6.07) is 5.67. The van der Waals surface area contributed by atoms with Crippen molar-refractivity contribution in [1.29, 1.82) is 0 Å². The molecule has 3 nitrogen and oxygen atoms in total. The number of benzene rings is 1. The average Bonchev–Trinajstić information content (AvgIpc) is 2.84. The van der Waals surface area contributed by atoms with Crippen LogP contribution in [-0.4, -0.2) is 19.3 Å². The zero-order chi connectivity index (χ0) is 12.3. The Hall–Kier alpha value is -0.320. The molecule has 0 aromatic heterocycles. The monoisotopic (exact) mass is 274 g/mol. The number of hydrazine groups is 1. The number of hydrogen-bond acceptors (Lipinski definition) is 3. The van der Waals surface area contributed by atoms with Crippen LogP contribution in [0.1, 0.15) is 12.0 Å². The molecule has 0 spiro atoms. The van der Waals surface area contributed by atoms with Gasteiger partial charge in [0.25, 0.3) is 0 Å². The summed E-state index contributed by atoms with van der Waals surface area (Å²) >= 11 is 12.1. The molecule has 0 aliphatic carbocycles. The minimum Gasteiger partial charge on any atom is -0.381 e. The van der Waals surface area contributed by atoms with E-state index < -0.39 is 0 Å². The molecule has 0 bridgehead atoms. The van der Waals surface area contributed by atoms with Gasteiger partial charge in [0.05, 0.1) is 6.61 Å². The third kappa shape index (κ3) is 3.33. The first-order valence-corrected chi connectivity index (χ1v) is 6.44. The van der Waals surface area contributed by atoms with E-state index in [1.807, 2.05) is 12.1 Å². The van der Waals surface area contributed by atoms with Gasteiger partial charge in [0.1, 0.15) is 0 Å². The molecule has 2 unspecified atom stereocenters. The lowest BCUT2D eigenvalue weighted by Crippen LogP contribution is -2.42. The number of nitrogens with one attached hydrogen (secondary N) is 1. The van der Waals surface area contributed by atoms with E-state index in [1.54, 1.807) is 6.07 Å². The SMILES string of the molecule is NNC(Cc1cc(Cl)ccc1Cl)C1CCOC1. The van der Waals surface area contributed by atoms with E-state index in [4.69, 9.17) is 33.8 Å². The van der Waals surface area contributed by atoms with E-state index in [1.165, 1.54) is 0 Å². The molecule has 1 fully saturated rings. The molecule has 1 aromatic rings. The maximum Gasteiger partial charge on any atom is 0.0510 e. The van der Waals surface area contributed by atoms with Gasteiger partial charge in [0.2, 0.25) is 0 Å². The van der Waals surface area contributed by atoms with Crippen LogP contribution in [0.15, 0.2) is 18.2 Å². The maximum absolute atomic E-state index is 6.15. The van der Waals surface area contributed by atoms with E-state index in [0.717, 1.165) is 36.6 Å². The fraction of sp³-hybridized carbons (Fsp3) is 0.500. The highest BCUT2D eigenvalue weighted by molar-refractivity contribution is 6.33. The van der Waals surface area contributed by atoms with E-state index in [2.05, 4.69) is 5.43 Å². The number of ether oxygens (including phenoxy) is 1. The Morgan fingerprint density at radius 2 is 2.29 bits per heavy atom. The fourth-order valence-corrected chi connectivity index (χ4v) is 2.56. The summed E-state index contributed by atoms with van der Waals surface area (Å²) in [5.74, 6) is 6.05. The molecule has 94 valence electrons. The summed E-state index contributed by atoms with van der Waals surface area (Å²) in [6.45, 7) is 1.57. The summed E-state index contributed by atoms with van der Waals surface area (Å²) in [5, 5.41) is 1.43. The summed E-state index contributed by atoms with van der Waals surface area (Å²) in [5.41, 5.74) is 3.88. The highest BCUT2D eigenvalue weighted by atomic mass is 35.5. The molecule has 0 radical (unpaired) electrons. The van der Waals surface area contributed by atoms with Crippen molar-refractivity contribution in [2.75, 3.05) is 13.2 Å². The van der Waals surface area contributed by atoms with Gasteiger partial charge in [-0.25, -0.2) is 0 Å². The summed E-state index contributed by atoms with van der Waals surface area (Å²) in [4.78, 5) is 0. The van der Waals surface area contributed by atoms with Crippen molar-refractivity contribution >= 4 is 23.2 Å². The third-order valence-electron chi connectivity index (χ3n) is 3.20. The smallest absolute Gasteiger partial charge is 0.0510 e. The summed E-state index contributed by atoms with van der Waals surface area (Å²) < 4.78 is 5.38. The minimum absolute atomic E-state index is 0.175.